The van der Waals surface area contributed by atoms with Gasteiger partial charge in [-0.05, 0) is 31.4 Å². The van der Waals surface area contributed by atoms with Crippen molar-refractivity contribution in [2.45, 2.75) is 38.0 Å². The van der Waals surface area contributed by atoms with Crippen LogP contribution >= 0.6 is 11.6 Å². The van der Waals surface area contributed by atoms with Gasteiger partial charge in [0.1, 0.15) is 0 Å². The van der Waals surface area contributed by atoms with Gasteiger partial charge in [-0.15, -0.1) is 0 Å². The Kier molecular flexibility index (Phi) is 4.80. The molecule has 2 rings (SSSR count). The molecule has 1 heterocycles. The van der Waals surface area contributed by atoms with E-state index in [2.05, 4.69) is 5.32 Å². The lowest BCUT2D eigenvalue weighted by atomic mass is 10.1. The van der Waals surface area contributed by atoms with Crippen molar-refractivity contribution in [2.75, 3.05) is 6.54 Å². The first kappa shape index (κ1) is 14.3. The van der Waals surface area contributed by atoms with Crippen LogP contribution in [0.2, 0.25) is 5.02 Å². The highest BCUT2D eigenvalue weighted by molar-refractivity contribution is 6.31. The monoisotopic (exact) mass is 283 g/mol. The van der Waals surface area contributed by atoms with Gasteiger partial charge in [-0.1, -0.05) is 29.8 Å². The Morgan fingerprint density at radius 1 is 1.53 bits per heavy atom. The number of rotatable bonds is 5. The normalized spacial score (nSPS) is 24.3. The Hall–Kier alpha value is -1.10. The van der Waals surface area contributed by atoms with Crippen LogP contribution in [0.3, 0.4) is 0 Å². The molecule has 3 atom stereocenters. The van der Waals surface area contributed by atoms with Gasteiger partial charge in [0.2, 0.25) is 0 Å². The van der Waals surface area contributed by atoms with E-state index in [9.17, 15) is 4.79 Å². The molecule has 0 bridgehead atoms. The van der Waals surface area contributed by atoms with Crippen molar-refractivity contribution < 1.29 is 14.6 Å². The van der Waals surface area contributed by atoms with Crippen LogP contribution in [0.5, 0.6) is 0 Å². The van der Waals surface area contributed by atoms with E-state index in [-0.39, 0.29) is 12.1 Å². The van der Waals surface area contributed by atoms with E-state index in [1.54, 1.807) is 0 Å². The summed E-state index contributed by atoms with van der Waals surface area (Å²) in [6.07, 6.45) is 0.676. The fraction of sp³-hybridized carbons (Fsp3) is 0.500. The van der Waals surface area contributed by atoms with Crippen LogP contribution < -0.4 is 5.32 Å². The van der Waals surface area contributed by atoms with Crippen LogP contribution in [0, 0.1) is 0 Å². The highest BCUT2D eigenvalue weighted by Crippen LogP contribution is 2.23. The molecule has 1 fully saturated rings. The number of carboxylic acids is 1. The minimum absolute atomic E-state index is 0.0361. The molecule has 1 saturated heterocycles. The van der Waals surface area contributed by atoms with Crippen molar-refractivity contribution in [3.8, 4) is 0 Å². The van der Waals surface area contributed by atoms with Gasteiger partial charge in [0.25, 0.3) is 0 Å². The van der Waals surface area contributed by atoms with E-state index in [0.717, 1.165) is 17.0 Å². The zero-order chi connectivity index (χ0) is 13.8. The third-order valence-corrected chi connectivity index (χ3v) is 3.75. The van der Waals surface area contributed by atoms with Gasteiger partial charge in [-0.25, -0.2) is 4.79 Å². The third-order valence-electron chi connectivity index (χ3n) is 3.41. The van der Waals surface area contributed by atoms with E-state index in [1.165, 1.54) is 0 Å². The molecule has 0 aliphatic carbocycles. The summed E-state index contributed by atoms with van der Waals surface area (Å²) in [4.78, 5) is 10.8. The number of benzene rings is 1. The molecule has 19 heavy (non-hydrogen) atoms. The Labute approximate surface area is 117 Å². The molecule has 5 heteroatoms. The van der Waals surface area contributed by atoms with Gasteiger partial charge in [-0.3, -0.25) is 0 Å². The lowest BCUT2D eigenvalue weighted by Gasteiger charge is -2.18. The average Bonchev–Trinajstić information content (AvgIpc) is 2.85. The molecule has 0 amide bonds. The smallest absolute Gasteiger partial charge is 0.332 e. The van der Waals surface area contributed by atoms with Gasteiger partial charge in [0.15, 0.2) is 6.10 Å². The molecule has 2 N–H and O–H groups in total. The quantitative estimate of drug-likeness (QED) is 0.872. The van der Waals surface area contributed by atoms with E-state index < -0.39 is 12.1 Å². The first-order valence-electron chi connectivity index (χ1n) is 6.44. The number of carboxylic acid groups (broad SMARTS) is 1. The Bertz CT molecular complexity index is 452. The summed E-state index contributed by atoms with van der Waals surface area (Å²) < 4.78 is 5.44. The summed E-state index contributed by atoms with van der Waals surface area (Å²) in [6, 6.07) is 7.81. The highest BCUT2D eigenvalue weighted by Gasteiger charge is 2.30. The third kappa shape index (κ3) is 3.69. The molecule has 104 valence electrons. The standard InChI is InChI=1S/C14H18ClNO3/c1-9(11-4-2-3-5-12(11)15)16-8-10-6-7-13(19-10)14(17)18/h2-5,9-10,13,16H,6-8H2,1H3,(H,17,18). The summed E-state index contributed by atoms with van der Waals surface area (Å²) in [6.45, 7) is 2.67. The fourth-order valence-corrected chi connectivity index (χ4v) is 2.58. The molecular formula is C14H18ClNO3. The van der Waals surface area contributed by atoms with Crippen LogP contribution in [0.15, 0.2) is 24.3 Å². The number of carbonyl (C=O) groups is 1. The molecule has 1 aromatic rings. The summed E-state index contributed by atoms with van der Waals surface area (Å²) in [5, 5.41) is 12.9. The maximum atomic E-state index is 10.8. The highest BCUT2D eigenvalue weighted by atomic mass is 35.5. The fourth-order valence-electron chi connectivity index (χ4n) is 2.28. The maximum Gasteiger partial charge on any atom is 0.332 e. The lowest BCUT2D eigenvalue weighted by molar-refractivity contribution is -0.149. The van der Waals surface area contributed by atoms with E-state index in [4.69, 9.17) is 21.4 Å². The number of hydrogen-bond donors (Lipinski definition) is 2. The van der Waals surface area contributed by atoms with Crippen molar-refractivity contribution in [1.82, 2.24) is 5.32 Å². The number of nitrogens with one attached hydrogen (secondary N) is 1. The summed E-state index contributed by atoms with van der Waals surface area (Å²) in [5.74, 6) is -0.873. The number of ether oxygens (including phenoxy) is 1. The van der Waals surface area contributed by atoms with E-state index in [0.29, 0.717) is 13.0 Å². The van der Waals surface area contributed by atoms with Crippen molar-refractivity contribution in [3.63, 3.8) is 0 Å². The maximum absolute atomic E-state index is 10.8. The van der Waals surface area contributed by atoms with Crippen LogP contribution in [0.25, 0.3) is 0 Å². The predicted molar refractivity (Wildman–Crippen MR) is 73.4 cm³/mol. The molecule has 4 nitrogen and oxygen atoms in total. The number of halogens is 1. The van der Waals surface area contributed by atoms with Crippen molar-refractivity contribution >= 4 is 17.6 Å². The van der Waals surface area contributed by atoms with E-state index in [1.807, 2.05) is 31.2 Å². The molecule has 0 spiro atoms. The lowest BCUT2D eigenvalue weighted by Crippen LogP contribution is -2.30. The molecule has 0 radical (unpaired) electrons. The average molecular weight is 284 g/mol. The first-order valence-corrected chi connectivity index (χ1v) is 6.82. The predicted octanol–water partition coefficient (Wildman–Crippen LogP) is 2.62. The van der Waals surface area contributed by atoms with Crippen molar-refractivity contribution in [1.29, 1.82) is 0 Å². The van der Waals surface area contributed by atoms with Gasteiger partial charge in [0, 0.05) is 17.6 Å². The van der Waals surface area contributed by atoms with Crippen molar-refractivity contribution in [2.24, 2.45) is 0 Å². The molecule has 0 saturated carbocycles. The first-order chi connectivity index (χ1) is 9.08. The topological polar surface area (TPSA) is 58.6 Å². The largest absolute Gasteiger partial charge is 0.479 e. The Balaban J connectivity index is 1.83. The summed E-state index contributed by atoms with van der Waals surface area (Å²) in [5.41, 5.74) is 1.04. The second-order valence-electron chi connectivity index (χ2n) is 4.81. The number of aliphatic carboxylic acids is 1. The molecular weight excluding hydrogens is 266 g/mol. The minimum Gasteiger partial charge on any atom is -0.479 e. The molecule has 1 aliphatic rings. The summed E-state index contributed by atoms with van der Waals surface area (Å²) >= 11 is 6.13. The number of hydrogen-bond acceptors (Lipinski definition) is 3. The summed E-state index contributed by atoms with van der Waals surface area (Å²) in [7, 11) is 0. The Morgan fingerprint density at radius 2 is 2.26 bits per heavy atom. The van der Waals surface area contributed by atoms with Gasteiger partial charge in [0.05, 0.1) is 6.10 Å². The van der Waals surface area contributed by atoms with Gasteiger partial charge >= 0.3 is 5.97 Å². The zero-order valence-corrected chi connectivity index (χ0v) is 11.6. The van der Waals surface area contributed by atoms with Gasteiger partial charge in [-0.2, -0.15) is 0 Å². The zero-order valence-electron chi connectivity index (χ0n) is 10.8. The molecule has 3 unspecified atom stereocenters. The van der Waals surface area contributed by atoms with Crippen LogP contribution in [-0.4, -0.2) is 29.8 Å². The van der Waals surface area contributed by atoms with E-state index >= 15 is 0 Å². The second-order valence-corrected chi connectivity index (χ2v) is 5.22. The SMILES string of the molecule is CC(NCC1CCC(C(=O)O)O1)c1ccccc1Cl. The van der Waals surface area contributed by atoms with Gasteiger partial charge < -0.3 is 15.2 Å². The Morgan fingerprint density at radius 3 is 2.89 bits per heavy atom. The molecule has 1 aromatic carbocycles. The second kappa shape index (κ2) is 6.37. The molecule has 0 aromatic heterocycles. The van der Waals surface area contributed by atoms with Crippen LogP contribution in [0.4, 0.5) is 0 Å². The minimum atomic E-state index is -0.873. The van der Waals surface area contributed by atoms with Crippen LogP contribution in [0.1, 0.15) is 31.4 Å². The molecule has 1 aliphatic heterocycles. The van der Waals surface area contributed by atoms with Crippen LogP contribution in [-0.2, 0) is 9.53 Å². The van der Waals surface area contributed by atoms with Crippen molar-refractivity contribution in [3.05, 3.63) is 34.9 Å².